The Labute approximate surface area is 145 Å². The quantitative estimate of drug-likeness (QED) is 0.773. The number of benzene rings is 1. The van der Waals surface area contributed by atoms with Crippen molar-refractivity contribution in [3.05, 3.63) is 27.7 Å². The molecule has 0 radical (unpaired) electrons. The Bertz CT molecular complexity index is 563. The van der Waals surface area contributed by atoms with E-state index in [1.807, 2.05) is 0 Å². The van der Waals surface area contributed by atoms with Gasteiger partial charge in [0, 0.05) is 6.54 Å². The third kappa shape index (κ3) is 5.37. The van der Waals surface area contributed by atoms with Crippen LogP contribution in [0.4, 0.5) is 0 Å². The molecule has 1 fully saturated rings. The smallest absolute Gasteiger partial charge is 0.241 e. The van der Waals surface area contributed by atoms with Crippen molar-refractivity contribution in [1.29, 1.82) is 0 Å². The Balaban J connectivity index is 0.00000220. The molecule has 0 aromatic heterocycles. The lowest BCUT2D eigenvalue weighted by Gasteiger charge is -2.22. The second-order valence-corrected chi connectivity index (χ2v) is 7.89. The largest absolute Gasteiger partial charge is 0.316 e. The molecule has 1 heterocycles. The summed E-state index contributed by atoms with van der Waals surface area (Å²) >= 11 is 9.15. The Morgan fingerprint density at radius 1 is 1.43 bits per heavy atom. The van der Waals surface area contributed by atoms with Gasteiger partial charge in [-0.1, -0.05) is 17.7 Å². The van der Waals surface area contributed by atoms with E-state index >= 15 is 0 Å². The molecule has 1 unspecified atom stereocenters. The van der Waals surface area contributed by atoms with E-state index in [9.17, 15) is 8.42 Å². The van der Waals surface area contributed by atoms with Crippen molar-refractivity contribution in [1.82, 2.24) is 10.0 Å². The van der Waals surface area contributed by atoms with Crippen molar-refractivity contribution in [2.45, 2.75) is 24.2 Å². The van der Waals surface area contributed by atoms with Gasteiger partial charge in [0.15, 0.2) is 0 Å². The minimum Gasteiger partial charge on any atom is -0.316 e. The highest BCUT2D eigenvalue weighted by molar-refractivity contribution is 9.10. The molecule has 8 heteroatoms. The summed E-state index contributed by atoms with van der Waals surface area (Å²) in [5.74, 6) is 0.550. The maximum Gasteiger partial charge on any atom is 0.241 e. The molecule has 1 aliphatic rings. The van der Waals surface area contributed by atoms with Gasteiger partial charge in [-0.2, -0.15) is 0 Å². The zero-order valence-electron chi connectivity index (χ0n) is 11.4. The molecular formula is C13H19BrCl2N2O2S. The minimum absolute atomic E-state index is 0. The fourth-order valence-electron chi connectivity index (χ4n) is 2.34. The number of hydrogen-bond acceptors (Lipinski definition) is 3. The van der Waals surface area contributed by atoms with Crippen LogP contribution in [0.2, 0.25) is 5.02 Å². The molecule has 1 aromatic rings. The van der Waals surface area contributed by atoms with Gasteiger partial charge in [0.1, 0.15) is 0 Å². The van der Waals surface area contributed by atoms with Gasteiger partial charge in [0.2, 0.25) is 10.0 Å². The highest BCUT2D eigenvalue weighted by Crippen LogP contribution is 2.29. The maximum atomic E-state index is 12.2. The van der Waals surface area contributed by atoms with E-state index in [1.54, 1.807) is 18.2 Å². The molecule has 0 spiro atoms. The van der Waals surface area contributed by atoms with E-state index in [0.717, 1.165) is 32.4 Å². The van der Waals surface area contributed by atoms with Crippen LogP contribution in [0.5, 0.6) is 0 Å². The minimum atomic E-state index is -3.52. The first-order valence-corrected chi connectivity index (χ1v) is 9.30. The summed E-state index contributed by atoms with van der Waals surface area (Å²) < 4.78 is 27.5. The number of piperidine rings is 1. The lowest BCUT2D eigenvalue weighted by atomic mass is 9.96. The average molecular weight is 418 g/mol. The highest BCUT2D eigenvalue weighted by Gasteiger charge is 2.20. The van der Waals surface area contributed by atoms with Gasteiger partial charge in [-0.25, -0.2) is 13.1 Å². The fourth-order valence-corrected chi connectivity index (χ4v) is 4.62. The van der Waals surface area contributed by atoms with E-state index in [0.29, 0.717) is 22.0 Å². The summed E-state index contributed by atoms with van der Waals surface area (Å²) in [4.78, 5) is 0.187. The number of rotatable bonds is 5. The van der Waals surface area contributed by atoms with E-state index in [1.165, 1.54) is 0 Å². The summed E-state index contributed by atoms with van der Waals surface area (Å²) in [6.07, 6.45) is 3.18. The van der Waals surface area contributed by atoms with Gasteiger partial charge >= 0.3 is 0 Å². The van der Waals surface area contributed by atoms with Crippen LogP contribution in [-0.4, -0.2) is 28.1 Å². The standard InChI is InChI=1S/C13H18BrClN2O2S.ClH/c14-13-11(15)4-1-5-12(13)20(18,19)17-8-6-10-3-2-7-16-9-10;/h1,4-5,10,16-17H,2-3,6-9H2;1H. The summed E-state index contributed by atoms with van der Waals surface area (Å²) in [6.45, 7) is 2.49. The molecule has 1 aliphatic heterocycles. The highest BCUT2D eigenvalue weighted by atomic mass is 79.9. The number of sulfonamides is 1. The van der Waals surface area contributed by atoms with Crippen LogP contribution in [0.15, 0.2) is 27.6 Å². The maximum absolute atomic E-state index is 12.2. The fraction of sp³-hybridized carbons (Fsp3) is 0.538. The van der Waals surface area contributed by atoms with Crippen molar-refractivity contribution >= 4 is 50.0 Å². The van der Waals surface area contributed by atoms with Crippen LogP contribution in [0.3, 0.4) is 0 Å². The first kappa shape index (κ1) is 19.2. The molecule has 0 saturated carbocycles. The van der Waals surface area contributed by atoms with E-state index in [-0.39, 0.29) is 17.3 Å². The van der Waals surface area contributed by atoms with Crippen molar-refractivity contribution < 1.29 is 8.42 Å². The Hall–Kier alpha value is 0.150. The molecule has 1 atom stereocenters. The summed E-state index contributed by atoms with van der Waals surface area (Å²) in [7, 11) is -3.52. The predicted octanol–water partition coefficient (Wildman–Crippen LogP) is 3.19. The Morgan fingerprint density at radius 3 is 2.86 bits per heavy atom. The van der Waals surface area contributed by atoms with E-state index < -0.39 is 10.0 Å². The zero-order chi connectivity index (χ0) is 14.6. The lowest BCUT2D eigenvalue weighted by molar-refractivity contribution is 0.358. The van der Waals surface area contributed by atoms with Crippen molar-refractivity contribution in [2.24, 2.45) is 5.92 Å². The third-order valence-corrected chi connectivity index (χ3v) is 6.61. The summed E-state index contributed by atoms with van der Waals surface area (Å²) in [5, 5.41) is 3.72. The average Bonchev–Trinajstić information content (AvgIpc) is 2.42. The van der Waals surface area contributed by atoms with Crippen molar-refractivity contribution in [3.8, 4) is 0 Å². The second-order valence-electron chi connectivity index (χ2n) is 4.95. The molecule has 0 amide bonds. The van der Waals surface area contributed by atoms with E-state index in [4.69, 9.17) is 11.6 Å². The van der Waals surface area contributed by atoms with Crippen LogP contribution < -0.4 is 10.0 Å². The molecule has 120 valence electrons. The van der Waals surface area contributed by atoms with Crippen LogP contribution in [0, 0.1) is 5.92 Å². The van der Waals surface area contributed by atoms with Crippen molar-refractivity contribution in [3.63, 3.8) is 0 Å². The van der Waals surface area contributed by atoms with Gasteiger partial charge in [0.25, 0.3) is 0 Å². The molecule has 0 bridgehead atoms. The summed E-state index contributed by atoms with van der Waals surface area (Å²) in [5.41, 5.74) is 0. The molecule has 1 aromatic carbocycles. The number of halogens is 3. The second kappa shape index (κ2) is 8.70. The van der Waals surface area contributed by atoms with Gasteiger partial charge < -0.3 is 5.32 Å². The monoisotopic (exact) mass is 416 g/mol. The Kier molecular flexibility index (Phi) is 7.95. The summed E-state index contributed by atoms with van der Waals surface area (Å²) in [6, 6.07) is 4.82. The normalized spacial score (nSPS) is 19.0. The first-order valence-electron chi connectivity index (χ1n) is 6.65. The molecule has 1 saturated heterocycles. The molecule has 2 N–H and O–H groups in total. The van der Waals surface area contributed by atoms with Gasteiger partial charge in [-0.05, 0) is 66.3 Å². The van der Waals surface area contributed by atoms with Crippen molar-refractivity contribution in [2.75, 3.05) is 19.6 Å². The van der Waals surface area contributed by atoms with Crippen LogP contribution in [-0.2, 0) is 10.0 Å². The van der Waals surface area contributed by atoms with Gasteiger partial charge in [-0.3, -0.25) is 0 Å². The van der Waals surface area contributed by atoms with Gasteiger partial charge in [-0.15, -0.1) is 12.4 Å². The zero-order valence-corrected chi connectivity index (χ0v) is 15.4. The molecular weight excluding hydrogens is 399 g/mol. The number of hydrogen-bond donors (Lipinski definition) is 2. The lowest BCUT2D eigenvalue weighted by Crippen LogP contribution is -2.33. The van der Waals surface area contributed by atoms with Gasteiger partial charge in [0.05, 0.1) is 14.4 Å². The van der Waals surface area contributed by atoms with Crippen LogP contribution >= 0.6 is 39.9 Å². The molecule has 4 nitrogen and oxygen atoms in total. The van der Waals surface area contributed by atoms with E-state index in [2.05, 4.69) is 26.0 Å². The predicted molar refractivity (Wildman–Crippen MR) is 91.8 cm³/mol. The van der Waals surface area contributed by atoms with Crippen LogP contribution in [0.25, 0.3) is 0 Å². The molecule has 21 heavy (non-hydrogen) atoms. The Morgan fingerprint density at radius 2 is 2.19 bits per heavy atom. The molecule has 2 rings (SSSR count). The topological polar surface area (TPSA) is 58.2 Å². The molecule has 0 aliphatic carbocycles. The number of nitrogens with one attached hydrogen (secondary N) is 2. The first-order chi connectivity index (χ1) is 9.50. The third-order valence-electron chi connectivity index (χ3n) is 3.45. The van der Waals surface area contributed by atoms with Crippen LogP contribution in [0.1, 0.15) is 19.3 Å². The SMILES string of the molecule is Cl.O=S(=O)(NCCC1CCCNC1)c1cccc(Cl)c1Br.